The number of nitrogens with one attached hydrogen (secondary N) is 2. The van der Waals surface area contributed by atoms with Crippen LogP contribution in [0.1, 0.15) is 32.0 Å². The lowest BCUT2D eigenvalue weighted by molar-refractivity contribution is -0.118. The molecule has 0 atom stereocenters. The summed E-state index contributed by atoms with van der Waals surface area (Å²) in [5.41, 5.74) is 4.87. The molecule has 17 heavy (non-hydrogen) atoms. The number of rotatable bonds is 7. The maximum absolute atomic E-state index is 11.3. The zero-order chi connectivity index (χ0) is 12.7. The molecule has 4 N–H and O–H groups in total. The Morgan fingerprint density at radius 1 is 1.53 bits per heavy atom. The third-order valence-electron chi connectivity index (χ3n) is 2.28. The summed E-state index contributed by atoms with van der Waals surface area (Å²) in [6.07, 6.45) is 2.64. The first-order chi connectivity index (χ1) is 8.11. The Morgan fingerprint density at radius 3 is 2.94 bits per heavy atom. The van der Waals surface area contributed by atoms with Gasteiger partial charge in [0.05, 0.1) is 0 Å². The van der Waals surface area contributed by atoms with Crippen molar-refractivity contribution in [2.75, 3.05) is 11.9 Å². The van der Waals surface area contributed by atoms with Crippen molar-refractivity contribution < 1.29 is 4.79 Å². The molecule has 1 amide bonds. The van der Waals surface area contributed by atoms with E-state index >= 15 is 0 Å². The molecule has 0 radical (unpaired) electrons. The van der Waals surface area contributed by atoms with E-state index < -0.39 is 0 Å². The largest absolute Gasteiger partial charge is 0.370 e. The number of amides is 1. The molecule has 6 nitrogen and oxygen atoms in total. The van der Waals surface area contributed by atoms with Gasteiger partial charge in [-0.3, -0.25) is 9.59 Å². The van der Waals surface area contributed by atoms with Gasteiger partial charge in [0.15, 0.2) is 0 Å². The predicted molar refractivity (Wildman–Crippen MR) is 65.8 cm³/mol. The van der Waals surface area contributed by atoms with Gasteiger partial charge >= 0.3 is 0 Å². The zero-order valence-corrected chi connectivity index (χ0v) is 9.95. The smallest absolute Gasteiger partial charge is 0.252 e. The van der Waals surface area contributed by atoms with E-state index in [0.29, 0.717) is 31.0 Å². The second kappa shape index (κ2) is 6.67. The van der Waals surface area contributed by atoms with Gasteiger partial charge in [0.25, 0.3) is 5.56 Å². The normalized spacial score (nSPS) is 10.2. The van der Waals surface area contributed by atoms with E-state index in [-0.39, 0.29) is 11.5 Å². The lowest BCUT2D eigenvalue weighted by atomic mass is 10.2. The molecular formula is C11H18N4O2. The van der Waals surface area contributed by atoms with Crippen molar-refractivity contribution in [1.29, 1.82) is 0 Å². The quantitative estimate of drug-likeness (QED) is 0.598. The number of unbranched alkanes of at least 4 members (excludes halogenated alkanes) is 1. The molecule has 0 spiro atoms. The number of carbonyl (C=O) groups excluding carboxylic acids is 1. The minimum absolute atomic E-state index is 0.156. The highest BCUT2D eigenvalue weighted by Gasteiger charge is 1.99. The SMILES string of the molecule is CCc1nc(NCCCCC(N)=O)cc(=O)[nH]1. The highest BCUT2D eigenvalue weighted by molar-refractivity contribution is 5.73. The monoisotopic (exact) mass is 238 g/mol. The van der Waals surface area contributed by atoms with E-state index in [2.05, 4.69) is 15.3 Å². The van der Waals surface area contributed by atoms with Crippen LogP contribution in [0, 0.1) is 0 Å². The highest BCUT2D eigenvalue weighted by atomic mass is 16.1. The summed E-state index contributed by atoms with van der Waals surface area (Å²) in [7, 11) is 0. The lowest BCUT2D eigenvalue weighted by Crippen LogP contribution is -2.14. The van der Waals surface area contributed by atoms with Crippen LogP contribution in [-0.4, -0.2) is 22.4 Å². The minimum atomic E-state index is -0.285. The van der Waals surface area contributed by atoms with E-state index in [9.17, 15) is 9.59 Å². The second-order valence-electron chi connectivity index (χ2n) is 3.78. The number of primary amides is 1. The summed E-state index contributed by atoms with van der Waals surface area (Å²) < 4.78 is 0. The number of carbonyl (C=O) groups is 1. The molecule has 1 aromatic rings. The first kappa shape index (κ1) is 13.2. The maximum atomic E-state index is 11.3. The fourth-order valence-corrected chi connectivity index (χ4v) is 1.41. The van der Waals surface area contributed by atoms with Gasteiger partial charge in [0.2, 0.25) is 5.91 Å². The number of H-pyrrole nitrogens is 1. The van der Waals surface area contributed by atoms with Crippen LogP contribution in [0.4, 0.5) is 5.82 Å². The minimum Gasteiger partial charge on any atom is -0.370 e. The molecule has 0 fully saturated rings. The van der Waals surface area contributed by atoms with Crippen LogP contribution < -0.4 is 16.6 Å². The van der Waals surface area contributed by atoms with Crippen molar-refractivity contribution in [1.82, 2.24) is 9.97 Å². The summed E-state index contributed by atoms with van der Waals surface area (Å²) in [4.78, 5) is 28.6. The lowest BCUT2D eigenvalue weighted by Gasteiger charge is -2.05. The Bertz CT molecular complexity index is 428. The van der Waals surface area contributed by atoms with Crippen molar-refractivity contribution in [3.63, 3.8) is 0 Å². The average Bonchev–Trinajstić information content (AvgIpc) is 2.27. The van der Waals surface area contributed by atoms with E-state index in [0.717, 1.165) is 12.8 Å². The molecule has 94 valence electrons. The molecule has 0 bridgehead atoms. The molecule has 6 heteroatoms. The topological polar surface area (TPSA) is 101 Å². The molecule has 0 aliphatic carbocycles. The highest BCUT2D eigenvalue weighted by Crippen LogP contribution is 2.01. The van der Waals surface area contributed by atoms with E-state index in [4.69, 9.17) is 5.73 Å². The van der Waals surface area contributed by atoms with Crippen molar-refractivity contribution >= 4 is 11.7 Å². The molecule has 1 aromatic heterocycles. The number of aromatic nitrogens is 2. The van der Waals surface area contributed by atoms with E-state index in [1.54, 1.807) is 0 Å². The Kier molecular flexibility index (Phi) is 5.19. The van der Waals surface area contributed by atoms with Gasteiger partial charge < -0.3 is 16.0 Å². The average molecular weight is 238 g/mol. The molecular weight excluding hydrogens is 220 g/mol. The summed E-state index contributed by atoms with van der Waals surface area (Å²) in [5.74, 6) is 0.953. The molecule has 0 aromatic carbocycles. The van der Waals surface area contributed by atoms with Crippen molar-refractivity contribution in [3.05, 3.63) is 22.2 Å². The van der Waals surface area contributed by atoms with Gasteiger partial charge in [0.1, 0.15) is 11.6 Å². The summed E-state index contributed by atoms with van der Waals surface area (Å²) in [6.45, 7) is 2.60. The van der Waals surface area contributed by atoms with Crippen molar-refractivity contribution in [2.24, 2.45) is 5.73 Å². The number of aromatic amines is 1. The molecule has 0 aliphatic rings. The number of aryl methyl sites for hydroxylation is 1. The summed E-state index contributed by atoms with van der Waals surface area (Å²) in [5, 5.41) is 3.05. The first-order valence-electron chi connectivity index (χ1n) is 5.74. The van der Waals surface area contributed by atoms with E-state index in [1.807, 2.05) is 6.92 Å². The fourth-order valence-electron chi connectivity index (χ4n) is 1.41. The van der Waals surface area contributed by atoms with Crippen molar-refractivity contribution in [2.45, 2.75) is 32.6 Å². The Hall–Kier alpha value is -1.85. The maximum Gasteiger partial charge on any atom is 0.252 e. The Labute approximate surface area is 99.6 Å². The number of hydrogen-bond donors (Lipinski definition) is 3. The second-order valence-corrected chi connectivity index (χ2v) is 3.78. The van der Waals surface area contributed by atoms with Crippen LogP contribution in [-0.2, 0) is 11.2 Å². The molecule has 1 heterocycles. The van der Waals surface area contributed by atoms with Gasteiger partial charge in [0, 0.05) is 25.5 Å². The third kappa shape index (κ3) is 5.14. The van der Waals surface area contributed by atoms with Crippen LogP contribution in [0.15, 0.2) is 10.9 Å². The van der Waals surface area contributed by atoms with Crippen LogP contribution >= 0.6 is 0 Å². The molecule has 1 rings (SSSR count). The fraction of sp³-hybridized carbons (Fsp3) is 0.545. The number of anilines is 1. The van der Waals surface area contributed by atoms with Crippen LogP contribution in [0.25, 0.3) is 0 Å². The summed E-state index contributed by atoms with van der Waals surface area (Å²) >= 11 is 0. The Balaban J connectivity index is 2.38. The predicted octanol–water partition coefficient (Wildman–Crippen LogP) is 0.400. The van der Waals surface area contributed by atoms with Crippen LogP contribution in [0.3, 0.4) is 0 Å². The van der Waals surface area contributed by atoms with E-state index in [1.165, 1.54) is 6.07 Å². The van der Waals surface area contributed by atoms with Gasteiger partial charge in [-0.2, -0.15) is 0 Å². The first-order valence-corrected chi connectivity index (χ1v) is 5.74. The number of hydrogen-bond acceptors (Lipinski definition) is 4. The zero-order valence-electron chi connectivity index (χ0n) is 9.95. The number of nitrogens with zero attached hydrogens (tertiary/aromatic N) is 1. The van der Waals surface area contributed by atoms with Gasteiger partial charge in [-0.25, -0.2) is 4.98 Å². The van der Waals surface area contributed by atoms with Crippen molar-refractivity contribution in [3.8, 4) is 0 Å². The van der Waals surface area contributed by atoms with Crippen LogP contribution in [0.2, 0.25) is 0 Å². The molecule has 0 saturated heterocycles. The van der Waals surface area contributed by atoms with Gasteiger partial charge in [-0.05, 0) is 12.8 Å². The number of nitrogens with two attached hydrogens (primary N) is 1. The molecule has 0 aliphatic heterocycles. The molecule has 0 unspecified atom stereocenters. The van der Waals surface area contributed by atoms with Gasteiger partial charge in [-0.15, -0.1) is 0 Å². The summed E-state index contributed by atoms with van der Waals surface area (Å²) in [6, 6.07) is 1.42. The molecule has 0 saturated carbocycles. The van der Waals surface area contributed by atoms with Crippen LogP contribution in [0.5, 0.6) is 0 Å². The van der Waals surface area contributed by atoms with Gasteiger partial charge in [-0.1, -0.05) is 6.92 Å². The third-order valence-corrected chi connectivity index (χ3v) is 2.28. The Morgan fingerprint density at radius 2 is 2.29 bits per heavy atom. The standard InChI is InChI=1S/C11H18N4O2/c1-2-9-14-10(7-11(17)15-9)13-6-4-3-5-8(12)16/h7H,2-6H2,1H3,(H2,12,16)(H2,13,14,15,17).